The minimum Gasteiger partial charge on any atom is -0.241 e. The van der Waals surface area contributed by atoms with Gasteiger partial charge in [-0.15, -0.1) is 0 Å². The summed E-state index contributed by atoms with van der Waals surface area (Å²) in [5.41, 5.74) is 0. The molecule has 0 fully saturated rings. The molecule has 0 bridgehead atoms. The summed E-state index contributed by atoms with van der Waals surface area (Å²) in [6.45, 7) is 0. The maximum atomic E-state index is 10.2. The second kappa shape index (κ2) is 1.77. The van der Waals surface area contributed by atoms with Crippen LogP contribution in [0, 0.1) is 4.91 Å². The fourth-order valence-corrected chi connectivity index (χ4v) is 0.405. The molecule has 9 heavy (non-hydrogen) atoms. The van der Waals surface area contributed by atoms with Crippen molar-refractivity contribution in [3.63, 3.8) is 0 Å². The Bertz CT molecular complexity index is 218. The first kappa shape index (κ1) is 5.61. The van der Waals surface area contributed by atoms with Gasteiger partial charge in [0.15, 0.2) is 6.20 Å². The molecule has 0 radical (unpaired) electrons. The predicted octanol–water partition coefficient (Wildman–Crippen LogP) is -0.471. The van der Waals surface area contributed by atoms with Crippen LogP contribution in [-0.2, 0) is 4.79 Å². The summed E-state index contributed by atoms with van der Waals surface area (Å²) < 4.78 is 0.0431. The molecule has 1 aliphatic heterocycles. The van der Waals surface area contributed by atoms with Gasteiger partial charge in [0.25, 0.3) is 0 Å². The Kier molecular flexibility index (Phi) is 1.11. The van der Waals surface area contributed by atoms with Crippen LogP contribution in [0.1, 0.15) is 0 Å². The van der Waals surface area contributed by atoms with Gasteiger partial charge in [0.2, 0.25) is 0 Å². The minimum atomic E-state index is -0.942. The number of hydrogen-bond donors (Lipinski definition) is 1. The first-order chi connectivity index (χ1) is 4.20. The lowest BCUT2D eigenvalue weighted by Crippen LogP contribution is -2.36. The Balaban J connectivity index is 2.89. The van der Waals surface area contributed by atoms with E-state index in [-0.39, 0.29) is 4.76 Å². The highest BCUT2D eigenvalue weighted by atomic mass is 16.3. The first-order valence-electron chi connectivity index (χ1n) is 2.19. The standard InChI is InChI=1S/C4H2N2O3/c7-3-1-2-6(9)4(8)5-3/h1-2H/p+1. The molecule has 0 spiro atoms. The normalized spacial score (nSPS) is 18.0. The highest BCUT2D eigenvalue weighted by molar-refractivity contribution is 5.99. The maximum absolute atomic E-state index is 10.2. The molecule has 1 aliphatic rings. The molecule has 3 amide bonds. The third kappa shape index (κ3) is 0.987. The highest BCUT2D eigenvalue weighted by Gasteiger charge is 2.25. The van der Waals surface area contributed by atoms with Crippen LogP contribution in [0.4, 0.5) is 4.79 Å². The van der Waals surface area contributed by atoms with Crippen LogP contribution < -0.4 is 5.32 Å². The van der Waals surface area contributed by atoms with Crippen molar-refractivity contribution in [2.24, 2.45) is 0 Å². The Hall–Kier alpha value is -1.52. The van der Waals surface area contributed by atoms with Gasteiger partial charge in [0, 0.05) is 4.76 Å². The molecule has 1 rings (SSSR count). The lowest BCUT2D eigenvalue weighted by molar-refractivity contribution is -0.375. The van der Waals surface area contributed by atoms with E-state index in [2.05, 4.69) is 0 Å². The van der Waals surface area contributed by atoms with Gasteiger partial charge in [-0.1, -0.05) is 4.91 Å². The van der Waals surface area contributed by atoms with Gasteiger partial charge in [-0.2, -0.15) is 10.1 Å². The minimum absolute atomic E-state index is 0.0431. The summed E-state index contributed by atoms with van der Waals surface area (Å²) in [6.07, 6.45) is 1.84. The lowest BCUT2D eigenvalue weighted by atomic mass is 10.5. The average molecular weight is 127 g/mol. The number of nitrogens with one attached hydrogen (secondary N) is 1. The zero-order valence-electron chi connectivity index (χ0n) is 4.33. The van der Waals surface area contributed by atoms with Gasteiger partial charge in [-0.25, -0.2) is 4.79 Å². The van der Waals surface area contributed by atoms with Crippen molar-refractivity contribution in [3.8, 4) is 0 Å². The zero-order chi connectivity index (χ0) is 6.85. The van der Waals surface area contributed by atoms with Crippen LogP contribution in [0.3, 0.4) is 0 Å². The molecular formula is C4H3N2O3+. The fraction of sp³-hybridized carbons (Fsp3) is 0. The fourth-order valence-electron chi connectivity index (χ4n) is 0.405. The number of hydrogen-bond acceptors (Lipinski definition) is 3. The molecule has 0 aromatic carbocycles. The van der Waals surface area contributed by atoms with Crippen LogP contribution in [0.25, 0.3) is 0 Å². The Morgan fingerprint density at radius 2 is 2.11 bits per heavy atom. The van der Waals surface area contributed by atoms with E-state index in [0.717, 1.165) is 12.3 Å². The highest BCUT2D eigenvalue weighted by Crippen LogP contribution is 1.86. The summed E-state index contributed by atoms with van der Waals surface area (Å²) in [5, 5.41) is 1.78. The number of urea groups is 1. The van der Waals surface area contributed by atoms with E-state index < -0.39 is 11.9 Å². The number of carbonyl (C=O) groups excluding carboxylic acids is 2. The topological polar surface area (TPSA) is 66.2 Å². The quantitative estimate of drug-likeness (QED) is 0.447. The third-order valence-electron chi connectivity index (χ3n) is 0.792. The van der Waals surface area contributed by atoms with Gasteiger partial charge in [0.1, 0.15) is 0 Å². The van der Waals surface area contributed by atoms with E-state index in [1.807, 2.05) is 0 Å². The predicted molar refractivity (Wildman–Crippen MR) is 26.3 cm³/mol. The third-order valence-corrected chi connectivity index (χ3v) is 0.792. The maximum Gasteiger partial charge on any atom is 0.542 e. The van der Waals surface area contributed by atoms with E-state index in [0.29, 0.717) is 0 Å². The molecule has 0 saturated heterocycles. The number of carbonyl (C=O) groups is 2. The molecule has 0 aromatic heterocycles. The number of imide groups is 1. The molecule has 1 heterocycles. The number of nitroso groups, excluding NO2 is 1. The van der Waals surface area contributed by atoms with Crippen LogP contribution in [0.15, 0.2) is 12.3 Å². The van der Waals surface area contributed by atoms with Crippen molar-refractivity contribution in [1.29, 1.82) is 0 Å². The summed E-state index contributed by atoms with van der Waals surface area (Å²) in [5.74, 6) is -0.563. The lowest BCUT2D eigenvalue weighted by Gasteiger charge is -1.91. The van der Waals surface area contributed by atoms with Crippen LogP contribution >= 0.6 is 0 Å². The molecule has 0 aromatic rings. The molecular weight excluding hydrogens is 124 g/mol. The molecule has 0 saturated carbocycles. The Morgan fingerprint density at radius 3 is 2.56 bits per heavy atom. The van der Waals surface area contributed by atoms with Gasteiger partial charge >= 0.3 is 11.9 Å². The number of nitrogens with zero attached hydrogens (tertiary/aromatic N) is 1. The van der Waals surface area contributed by atoms with Crippen molar-refractivity contribution < 1.29 is 14.3 Å². The largest absolute Gasteiger partial charge is 0.542 e. The average Bonchev–Trinajstić information content (AvgIpc) is 1.80. The first-order valence-corrected chi connectivity index (χ1v) is 2.19. The monoisotopic (exact) mass is 127 g/mol. The summed E-state index contributed by atoms with van der Waals surface area (Å²) in [6, 6.07) is -0.942. The summed E-state index contributed by atoms with van der Waals surface area (Å²) >= 11 is 0. The molecule has 1 N–H and O–H groups in total. The summed E-state index contributed by atoms with van der Waals surface area (Å²) in [4.78, 5) is 30.7. The van der Waals surface area contributed by atoms with Crippen molar-refractivity contribution in [2.75, 3.05) is 0 Å². The van der Waals surface area contributed by atoms with Gasteiger partial charge in [-0.3, -0.25) is 0 Å². The van der Waals surface area contributed by atoms with Gasteiger partial charge in [-0.05, 0) is 0 Å². The van der Waals surface area contributed by atoms with Crippen molar-refractivity contribution >= 4 is 11.9 Å². The Labute approximate surface area is 49.9 Å². The summed E-state index contributed by atoms with van der Waals surface area (Å²) in [7, 11) is 0. The van der Waals surface area contributed by atoms with E-state index >= 15 is 0 Å². The van der Waals surface area contributed by atoms with Crippen LogP contribution in [0.5, 0.6) is 0 Å². The second-order valence-corrected chi connectivity index (χ2v) is 1.44. The molecule has 0 aliphatic carbocycles. The van der Waals surface area contributed by atoms with E-state index in [1.54, 1.807) is 5.32 Å². The molecule has 46 valence electrons. The second-order valence-electron chi connectivity index (χ2n) is 1.44. The van der Waals surface area contributed by atoms with E-state index in [4.69, 9.17) is 0 Å². The molecule has 5 nitrogen and oxygen atoms in total. The number of amides is 3. The van der Waals surface area contributed by atoms with Crippen LogP contribution in [0.2, 0.25) is 0 Å². The molecule has 0 unspecified atom stereocenters. The van der Waals surface area contributed by atoms with Gasteiger partial charge in [0.05, 0.1) is 6.08 Å². The van der Waals surface area contributed by atoms with E-state index in [9.17, 15) is 14.5 Å². The zero-order valence-corrected chi connectivity index (χ0v) is 4.33. The van der Waals surface area contributed by atoms with Crippen molar-refractivity contribution in [2.45, 2.75) is 0 Å². The van der Waals surface area contributed by atoms with Crippen LogP contribution in [-0.4, -0.2) is 16.7 Å². The molecule has 5 heteroatoms. The molecule has 0 atom stereocenters. The van der Waals surface area contributed by atoms with Gasteiger partial charge < -0.3 is 0 Å². The number of rotatable bonds is 0. The van der Waals surface area contributed by atoms with Crippen molar-refractivity contribution in [1.82, 2.24) is 5.32 Å². The smallest absolute Gasteiger partial charge is 0.241 e. The van der Waals surface area contributed by atoms with E-state index in [1.165, 1.54) is 0 Å². The van der Waals surface area contributed by atoms with Crippen molar-refractivity contribution in [3.05, 3.63) is 17.2 Å². The Morgan fingerprint density at radius 1 is 1.44 bits per heavy atom. The SMILES string of the molecule is O=C1C=C[N+](=O)C(=O)N1.